The molecule has 60 heavy (non-hydrogen) atoms. The Morgan fingerprint density at radius 3 is 1.63 bits per heavy atom. The molecular formula is C34H23N8Na3O12S3. The Morgan fingerprint density at radius 2 is 1.05 bits per heavy atom. The minimum absolute atomic E-state index is 0. The number of phenols is 3. The largest absolute Gasteiger partial charge is 1.00 e. The zero-order valence-corrected chi connectivity index (χ0v) is 39.8. The van der Waals surface area contributed by atoms with Crippen molar-refractivity contribution in [2.75, 3.05) is 11.1 Å². The number of azo groups is 3. The van der Waals surface area contributed by atoms with Crippen molar-refractivity contribution in [2.24, 2.45) is 30.7 Å². The van der Waals surface area contributed by atoms with Gasteiger partial charge in [0, 0.05) is 11.8 Å². The molecule has 0 fully saturated rings. The molecular weight excluding hydrogens is 878 g/mol. The molecule has 6 N–H and O–H groups in total. The molecule has 0 bridgehead atoms. The molecule has 26 heteroatoms. The van der Waals surface area contributed by atoms with Crippen molar-refractivity contribution in [3.8, 4) is 17.2 Å². The van der Waals surface area contributed by atoms with E-state index in [-0.39, 0.29) is 129 Å². The van der Waals surface area contributed by atoms with Gasteiger partial charge >= 0.3 is 88.7 Å². The molecule has 6 aromatic rings. The van der Waals surface area contributed by atoms with E-state index in [1.165, 1.54) is 54.6 Å². The summed E-state index contributed by atoms with van der Waals surface area (Å²) in [6.07, 6.45) is 0. The van der Waals surface area contributed by atoms with Gasteiger partial charge < -0.3 is 40.0 Å². The van der Waals surface area contributed by atoms with Crippen molar-refractivity contribution in [3.63, 3.8) is 0 Å². The second-order valence-corrected chi connectivity index (χ2v) is 15.7. The Morgan fingerprint density at radius 1 is 0.533 bits per heavy atom. The van der Waals surface area contributed by atoms with E-state index in [4.69, 9.17) is 5.73 Å². The first-order valence-electron chi connectivity index (χ1n) is 15.6. The predicted octanol–water partition coefficient (Wildman–Crippen LogP) is -1.75. The predicted molar refractivity (Wildman–Crippen MR) is 199 cm³/mol. The monoisotopic (exact) mass is 900 g/mol. The molecule has 20 nitrogen and oxygen atoms in total. The second-order valence-electron chi connectivity index (χ2n) is 11.6. The molecule has 0 unspecified atom stereocenters. The zero-order valence-electron chi connectivity index (χ0n) is 31.3. The van der Waals surface area contributed by atoms with Crippen LogP contribution in [0.25, 0.3) is 10.8 Å². The molecule has 0 aromatic heterocycles. The fourth-order valence-electron chi connectivity index (χ4n) is 5.16. The fourth-order valence-corrected chi connectivity index (χ4v) is 7.12. The summed E-state index contributed by atoms with van der Waals surface area (Å²) in [6.45, 7) is 0. The van der Waals surface area contributed by atoms with Crippen LogP contribution in [-0.2, 0) is 30.4 Å². The zero-order chi connectivity index (χ0) is 41.3. The van der Waals surface area contributed by atoms with Crippen molar-refractivity contribution in [1.82, 2.24) is 0 Å². The van der Waals surface area contributed by atoms with Crippen LogP contribution in [0.1, 0.15) is 0 Å². The number of aromatic hydroxyl groups is 3. The first kappa shape index (κ1) is 50.5. The molecule has 0 saturated heterocycles. The van der Waals surface area contributed by atoms with Gasteiger partial charge in [0.15, 0.2) is 5.75 Å². The third-order valence-electron chi connectivity index (χ3n) is 7.75. The standard InChI is InChI=1S/C34H26N8O12S3.3Na/c35-31-30-18(15-29(57(52,53)54)33(34(30)45)42-38-20-4-2-1-3-5-20)14-28(56(49,50)51)32(31)41-39-22-10-12-25(27(16-22)55(46,47)48)36-19-6-8-21(9-7-19)37-40-24-13-11-23(43)17-26(24)44;;;/h1-17,36,43-45H,35H2,(H,46,47,48)(H,49,50,51)(H,52,53,54);;;/q;3*+1/p-3. The number of phenolic OH excluding ortho intramolecular Hbond substituents is 3. The number of fused-ring (bicyclic) bond motifs is 1. The third kappa shape index (κ3) is 11.9. The van der Waals surface area contributed by atoms with Crippen molar-refractivity contribution >= 4 is 92.3 Å². The van der Waals surface area contributed by atoms with Gasteiger partial charge in [0.05, 0.1) is 48.5 Å². The molecule has 0 aliphatic rings. The second kappa shape index (κ2) is 20.3. The van der Waals surface area contributed by atoms with E-state index in [9.17, 15) is 54.2 Å². The minimum atomic E-state index is -5.49. The van der Waals surface area contributed by atoms with Crippen LogP contribution in [0.4, 0.5) is 51.2 Å². The van der Waals surface area contributed by atoms with E-state index in [1.807, 2.05) is 0 Å². The van der Waals surface area contributed by atoms with E-state index < -0.39 is 78.6 Å². The van der Waals surface area contributed by atoms with Gasteiger partial charge in [-0.05, 0) is 84.2 Å². The molecule has 6 aromatic carbocycles. The molecule has 0 atom stereocenters. The van der Waals surface area contributed by atoms with Crippen LogP contribution in [0.2, 0.25) is 0 Å². The normalized spacial score (nSPS) is 12.0. The molecule has 292 valence electrons. The van der Waals surface area contributed by atoms with Gasteiger partial charge in [0.2, 0.25) is 0 Å². The molecule has 0 spiro atoms. The quantitative estimate of drug-likeness (QED) is 0.0417. The summed E-state index contributed by atoms with van der Waals surface area (Å²) in [6, 6.07) is 21.7. The summed E-state index contributed by atoms with van der Waals surface area (Å²) >= 11 is 0. The number of nitrogen functional groups attached to an aromatic ring is 1. The molecule has 0 saturated carbocycles. The molecule has 6 rings (SSSR count). The Labute approximate surface area is 407 Å². The van der Waals surface area contributed by atoms with Crippen LogP contribution in [0.3, 0.4) is 0 Å². The fraction of sp³-hybridized carbons (Fsp3) is 0. The van der Waals surface area contributed by atoms with E-state index >= 15 is 0 Å². The summed E-state index contributed by atoms with van der Waals surface area (Å²) < 4.78 is 111. The number of hydrogen-bond acceptors (Lipinski definition) is 20. The van der Waals surface area contributed by atoms with Gasteiger partial charge in [-0.25, -0.2) is 25.3 Å². The number of nitrogens with two attached hydrogens (primary N) is 1. The Balaban J connectivity index is 0.00000320. The Kier molecular flexibility index (Phi) is 17.1. The van der Waals surface area contributed by atoms with Crippen molar-refractivity contribution < 1.29 is 143 Å². The van der Waals surface area contributed by atoms with Gasteiger partial charge in [-0.2, -0.15) is 15.3 Å². The topological polar surface area (TPSA) is 345 Å². The summed E-state index contributed by atoms with van der Waals surface area (Å²) in [5.41, 5.74) is 4.00. The average Bonchev–Trinajstić information content (AvgIpc) is 3.13. The molecule has 0 aliphatic carbocycles. The summed E-state index contributed by atoms with van der Waals surface area (Å²) in [4.78, 5) is -3.11. The van der Waals surface area contributed by atoms with E-state index in [0.717, 1.165) is 18.2 Å². The number of nitrogens with zero attached hydrogens (tertiary/aromatic N) is 6. The minimum Gasteiger partial charge on any atom is -0.744 e. The summed E-state index contributed by atoms with van der Waals surface area (Å²) in [5, 5.41) is 55.2. The molecule has 0 aliphatic heterocycles. The van der Waals surface area contributed by atoms with E-state index in [0.29, 0.717) is 17.8 Å². The van der Waals surface area contributed by atoms with Gasteiger partial charge in [0.25, 0.3) is 0 Å². The SMILES string of the molecule is Nc1c(N=Nc2ccc(Nc3ccc(N=Nc4ccc(O)cc4O)cc3)c(S(=O)(=O)[O-])c2)c(S(=O)(=O)[O-])cc2cc(S(=O)(=O)[O-])c(N=Nc3ccccc3)c(O)c12.[Na+].[Na+].[Na+]. The third-order valence-corrected chi connectivity index (χ3v) is 10.3. The van der Waals surface area contributed by atoms with Gasteiger partial charge in [-0.1, -0.05) is 18.2 Å². The maximum absolute atomic E-state index is 12.4. The van der Waals surface area contributed by atoms with Crippen molar-refractivity contribution in [3.05, 3.63) is 103 Å². The first-order chi connectivity index (χ1) is 26.8. The van der Waals surface area contributed by atoms with Crippen molar-refractivity contribution in [2.45, 2.75) is 14.7 Å². The molecule has 0 amide bonds. The van der Waals surface area contributed by atoms with Crippen LogP contribution in [-0.4, -0.2) is 54.2 Å². The van der Waals surface area contributed by atoms with Crippen LogP contribution in [0, 0.1) is 0 Å². The Bertz CT molecular complexity index is 3020. The van der Waals surface area contributed by atoms with Crippen LogP contribution in [0.5, 0.6) is 17.2 Å². The number of rotatable bonds is 11. The maximum atomic E-state index is 12.4. The van der Waals surface area contributed by atoms with E-state index in [1.54, 1.807) is 18.2 Å². The average molecular weight is 901 g/mol. The number of benzene rings is 6. The molecule has 0 heterocycles. The van der Waals surface area contributed by atoms with E-state index in [2.05, 4.69) is 36.0 Å². The number of hydrogen-bond donors (Lipinski definition) is 5. The van der Waals surface area contributed by atoms with Gasteiger partial charge in [-0.3, -0.25) is 0 Å². The summed E-state index contributed by atoms with van der Waals surface area (Å²) in [7, 11) is -16.1. The number of anilines is 3. The van der Waals surface area contributed by atoms with Gasteiger partial charge in [-0.15, -0.1) is 15.3 Å². The van der Waals surface area contributed by atoms with Crippen LogP contribution >= 0.6 is 0 Å². The number of nitrogens with one attached hydrogen (secondary N) is 1. The van der Waals surface area contributed by atoms with Crippen molar-refractivity contribution in [1.29, 1.82) is 0 Å². The Hall–Kier alpha value is -3.89. The summed E-state index contributed by atoms with van der Waals surface area (Å²) in [5.74, 6) is -1.53. The first-order valence-corrected chi connectivity index (χ1v) is 19.9. The van der Waals surface area contributed by atoms with Crippen LogP contribution in [0.15, 0.2) is 149 Å². The van der Waals surface area contributed by atoms with Crippen LogP contribution < -0.4 is 99.7 Å². The molecule has 0 radical (unpaired) electrons. The maximum Gasteiger partial charge on any atom is 1.00 e. The van der Waals surface area contributed by atoms with Gasteiger partial charge in [0.1, 0.15) is 58.9 Å². The smallest absolute Gasteiger partial charge is 0.744 e.